The number of nitrogens with zero attached hydrogens (tertiary/aromatic N) is 2. The van der Waals surface area contributed by atoms with Gasteiger partial charge in [0, 0.05) is 12.0 Å². The van der Waals surface area contributed by atoms with Crippen LogP contribution in [0, 0.1) is 0 Å². The fourth-order valence-corrected chi connectivity index (χ4v) is 2.57. The number of benzene rings is 1. The maximum Gasteiger partial charge on any atom is 0.255 e. The Morgan fingerprint density at radius 3 is 2.95 bits per heavy atom. The van der Waals surface area contributed by atoms with Crippen molar-refractivity contribution >= 4 is 29.1 Å². The number of hydrogen-bond donors (Lipinski definition) is 1. The van der Waals surface area contributed by atoms with Crippen LogP contribution in [0.5, 0.6) is 5.75 Å². The molecule has 1 aromatic heterocycles. The lowest BCUT2D eigenvalue weighted by Crippen LogP contribution is -2.32. The molecule has 2 aromatic rings. The third-order valence-corrected chi connectivity index (χ3v) is 3.69. The van der Waals surface area contributed by atoms with Crippen LogP contribution >= 0.6 is 23.2 Å². The molecule has 0 bridgehead atoms. The summed E-state index contributed by atoms with van der Waals surface area (Å²) in [6.45, 7) is 0.547. The molecule has 1 unspecified atom stereocenters. The van der Waals surface area contributed by atoms with Crippen molar-refractivity contribution in [3.63, 3.8) is 0 Å². The Kier molecular flexibility index (Phi) is 3.94. The first-order valence-electron chi connectivity index (χ1n) is 6.36. The van der Waals surface area contributed by atoms with Crippen molar-refractivity contribution in [2.75, 3.05) is 6.61 Å². The minimum Gasteiger partial charge on any atom is -0.493 e. The van der Waals surface area contributed by atoms with Crippen LogP contribution in [0.25, 0.3) is 0 Å². The van der Waals surface area contributed by atoms with Gasteiger partial charge in [-0.25, -0.2) is 0 Å². The van der Waals surface area contributed by atoms with Gasteiger partial charge in [-0.15, -0.1) is 10.2 Å². The summed E-state index contributed by atoms with van der Waals surface area (Å²) < 4.78 is 5.56. The van der Waals surface area contributed by atoms with E-state index in [1.807, 2.05) is 24.3 Å². The van der Waals surface area contributed by atoms with Crippen LogP contribution in [0.1, 0.15) is 28.4 Å². The molecule has 7 heteroatoms. The molecule has 108 valence electrons. The zero-order chi connectivity index (χ0) is 14.8. The number of carbonyl (C=O) groups is 1. The minimum absolute atomic E-state index is 0.0252. The van der Waals surface area contributed by atoms with Crippen LogP contribution in [-0.4, -0.2) is 22.7 Å². The van der Waals surface area contributed by atoms with Crippen LogP contribution in [0.15, 0.2) is 30.3 Å². The van der Waals surface area contributed by atoms with Gasteiger partial charge in [-0.1, -0.05) is 41.4 Å². The number of para-hydroxylation sites is 1. The molecule has 0 saturated heterocycles. The van der Waals surface area contributed by atoms with E-state index in [1.165, 1.54) is 6.07 Å². The lowest BCUT2D eigenvalue weighted by atomic mass is 10.0. The van der Waals surface area contributed by atoms with Crippen LogP contribution in [-0.2, 0) is 0 Å². The third kappa shape index (κ3) is 2.94. The molecule has 0 aliphatic carbocycles. The Bertz CT molecular complexity index is 694. The predicted octanol–water partition coefficient (Wildman–Crippen LogP) is 3.04. The molecular weight excluding hydrogens is 313 g/mol. The van der Waals surface area contributed by atoms with Crippen molar-refractivity contribution in [1.29, 1.82) is 0 Å². The Hall–Kier alpha value is -1.85. The number of aromatic nitrogens is 2. The molecule has 1 aliphatic heterocycles. The van der Waals surface area contributed by atoms with Crippen molar-refractivity contribution in [3.8, 4) is 5.75 Å². The van der Waals surface area contributed by atoms with Gasteiger partial charge in [-0.2, -0.15) is 0 Å². The highest BCUT2D eigenvalue weighted by molar-refractivity contribution is 6.34. The van der Waals surface area contributed by atoms with E-state index in [0.29, 0.717) is 13.0 Å². The highest BCUT2D eigenvalue weighted by Gasteiger charge is 2.24. The molecule has 0 saturated carbocycles. The second-order valence-corrected chi connectivity index (χ2v) is 5.32. The van der Waals surface area contributed by atoms with Crippen molar-refractivity contribution in [3.05, 3.63) is 51.8 Å². The van der Waals surface area contributed by atoms with E-state index in [4.69, 9.17) is 27.9 Å². The Balaban J connectivity index is 1.84. The number of hydrogen-bond acceptors (Lipinski definition) is 4. The maximum absolute atomic E-state index is 12.3. The van der Waals surface area contributed by atoms with Gasteiger partial charge in [-0.05, 0) is 12.1 Å². The van der Waals surface area contributed by atoms with Gasteiger partial charge in [0.2, 0.25) is 0 Å². The first-order valence-corrected chi connectivity index (χ1v) is 7.12. The minimum atomic E-state index is -0.335. The summed E-state index contributed by atoms with van der Waals surface area (Å²) in [5.41, 5.74) is 1.15. The highest BCUT2D eigenvalue weighted by Crippen LogP contribution is 2.31. The molecule has 1 N–H and O–H groups in total. The summed E-state index contributed by atoms with van der Waals surface area (Å²) in [7, 11) is 0. The zero-order valence-corrected chi connectivity index (χ0v) is 12.4. The molecule has 2 heterocycles. The molecule has 1 atom stereocenters. The number of nitrogens with one attached hydrogen (secondary N) is 1. The average molecular weight is 324 g/mol. The van der Waals surface area contributed by atoms with Crippen LogP contribution in [0.2, 0.25) is 10.3 Å². The van der Waals surface area contributed by atoms with Gasteiger partial charge in [0.15, 0.2) is 10.3 Å². The van der Waals surface area contributed by atoms with E-state index in [1.54, 1.807) is 0 Å². The summed E-state index contributed by atoms with van der Waals surface area (Å²) >= 11 is 11.6. The summed E-state index contributed by atoms with van der Waals surface area (Å²) in [6.07, 6.45) is 0.687. The van der Waals surface area contributed by atoms with E-state index in [2.05, 4.69) is 15.5 Å². The van der Waals surface area contributed by atoms with Crippen molar-refractivity contribution in [1.82, 2.24) is 15.5 Å². The predicted molar refractivity (Wildman–Crippen MR) is 78.8 cm³/mol. The molecule has 3 rings (SSSR count). The van der Waals surface area contributed by atoms with Crippen molar-refractivity contribution < 1.29 is 9.53 Å². The largest absolute Gasteiger partial charge is 0.493 e. The summed E-state index contributed by atoms with van der Waals surface area (Å²) in [4.78, 5) is 12.3. The Morgan fingerprint density at radius 2 is 2.10 bits per heavy atom. The number of fused-ring (bicyclic) bond motifs is 1. The number of rotatable bonds is 2. The molecule has 0 fully saturated rings. The van der Waals surface area contributed by atoms with E-state index in [9.17, 15) is 4.79 Å². The quantitative estimate of drug-likeness (QED) is 0.922. The second kappa shape index (κ2) is 5.87. The smallest absolute Gasteiger partial charge is 0.255 e. The fraction of sp³-hybridized carbons (Fsp3) is 0.214. The molecular formula is C14H11Cl2N3O2. The van der Waals surface area contributed by atoms with E-state index in [0.717, 1.165) is 11.3 Å². The second-order valence-electron chi connectivity index (χ2n) is 4.57. The van der Waals surface area contributed by atoms with E-state index >= 15 is 0 Å². The lowest BCUT2D eigenvalue weighted by molar-refractivity contribution is 0.0924. The van der Waals surface area contributed by atoms with Gasteiger partial charge in [0.05, 0.1) is 18.2 Å². The zero-order valence-electron chi connectivity index (χ0n) is 10.8. The first kappa shape index (κ1) is 14.1. The first-order chi connectivity index (χ1) is 10.1. The maximum atomic E-state index is 12.3. The summed E-state index contributed by atoms with van der Waals surface area (Å²) in [5.74, 6) is 0.449. The normalized spacial score (nSPS) is 16.8. The van der Waals surface area contributed by atoms with Gasteiger partial charge in [0.25, 0.3) is 5.91 Å². The number of carbonyl (C=O) groups excluding carboxylic acids is 1. The number of amides is 1. The number of halogens is 2. The van der Waals surface area contributed by atoms with Gasteiger partial charge in [0.1, 0.15) is 5.75 Å². The molecule has 5 nitrogen and oxygen atoms in total. The van der Waals surface area contributed by atoms with Gasteiger partial charge < -0.3 is 10.1 Å². The molecule has 1 aromatic carbocycles. The summed E-state index contributed by atoms with van der Waals surface area (Å²) in [6, 6.07) is 8.88. The monoisotopic (exact) mass is 323 g/mol. The average Bonchev–Trinajstić information content (AvgIpc) is 2.50. The Morgan fingerprint density at radius 1 is 1.29 bits per heavy atom. The standard InChI is InChI=1S/C14H11Cl2N3O2/c15-12-7-9(13(16)19-18-12)14(20)17-10-5-6-21-11-4-2-1-3-8(10)11/h1-4,7,10H,5-6H2,(H,17,20). The molecule has 0 spiro atoms. The SMILES string of the molecule is O=C(NC1CCOc2ccccc21)c1cc(Cl)nnc1Cl. The fourth-order valence-electron chi connectivity index (χ4n) is 2.24. The van der Waals surface area contributed by atoms with Gasteiger partial charge >= 0.3 is 0 Å². The van der Waals surface area contributed by atoms with Crippen LogP contribution < -0.4 is 10.1 Å². The van der Waals surface area contributed by atoms with Crippen molar-refractivity contribution in [2.24, 2.45) is 0 Å². The van der Waals surface area contributed by atoms with Crippen molar-refractivity contribution in [2.45, 2.75) is 12.5 Å². The molecule has 1 aliphatic rings. The van der Waals surface area contributed by atoms with Crippen LogP contribution in [0.4, 0.5) is 0 Å². The van der Waals surface area contributed by atoms with E-state index < -0.39 is 0 Å². The summed E-state index contributed by atoms with van der Waals surface area (Å²) in [5, 5.41) is 10.3. The molecule has 21 heavy (non-hydrogen) atoms. The van der Waals surface area contributed by atoms with Gasteiger partial charge in [-0.3, -0.25) is 4.79 Å². The molecule has 1 amide bonds. The third-order valence-electron chi connectivity index (χ3n) is 3.23. The van der Waals surface area contributed by atoms with E-state index in [-0.39, 0.29) is 27.8 Å². The Labute approximate surface area is 131 Å². The topological polar surface area (TPSA) is 64.1 Å². The van der Waals surface area contributed by atoms with Crippen LogP contribution in [0.3, 0.4) is 0 Å². The molecule has 0 radical (unpaired) electrons. The lowest BCUT2D eigenvalue weighted by Gasteiger charge is -2.26. The highest BCUT2D eigenvalue weighted by atomic mass is 35.5. The number of ether oxygens (including phenoxy) is 1.